The summed E-state index contributed by atoms with van der Waals surface area (Å²) in [5.41, 5.74) is 3.62. The number of anilines is 3. The maximum absolute atomic E-state index is 13.5. The quantitative estimate of drug-likeness (QED) is 0.179. The minimum Gasteiger partial charge on any atom is -0.372 e. The van der Waals surface area contributed by atoms with E-state index in [2.05, 4.69) is 15.5 Å². The van der Waals surface area contributed by atoms with Crippen molar-refractivity contribution in [2.45, 2.75) is 24.9 Å². The second kappa shape index (κ2) is 14.0. The first-order valence-electron chi connectivity index (χ1n) is 15.6. The Labute approximate surface area is 272 Å². The van der Waals surface area contributed by atoms with E-state index >= 15 is 0 Å². The second-order valence-corrected chi connectivity index (χ2v) is 11.7. The Morgan fingerprint density at radius 1 is 0.681 bits per heavy atom. The number of hydrogen-bond donors (Lipinski definition) is 2. The first-order chi connectivity index (χ1) is 22.8. The van der Waals surface area contributed by atoms with E-state index in [1.54, 1.807) is 30.3 Å². The maximum Gasteiger partial charge on any atom is 0.416 e. The Morgan fingerprint density at radius 2 is 1.30 bits per heavy atom. The van der Waals surface area contributed by atoms with E-state index in [0.717, 1.165) is 55.0 Å². The smallest absolute Gasteiger partial charge is 0.372 e. The van der Waals surface area contributed by atoms with Crippen LogP contribution in [0.3, 0.4) is 0 Å². The van der Waals surface area contributed by atoms with Gasteiger partial charge in [-0.05, 0) is 90.0 Å². The summed E-state index contributed by atoms with van der Waals surface area (Å²) >= 11 is 0. The number of alkyl halides is 3. The van der Waals surface area contributed by atoms with Crippen molar-refractivity contribution in [3.8, 4) is 11.1 Å². The lowest BCUT2D eigenvalue weighted by Gasteiger charge is -2.37. The summed E-state index contributed by atoms with van der Waals surface area (Å²) in [6, 6.07) is 38.6. The molecular weight excluding hydrogens is 599 g/mol. The Balaban J connectivity index is 1.11. The number of halogens is 3. The highest BCUT2D eigenvalue weighted by Gasteiger charge is 2.33. The van der Waals surface area contributed by atoms with E-state index in [0.29, 0.717) is 16.8 Å². The summed E-state index contributed by atoms with van der Waals surface area (Å²) in [6.07, 6.45) is -2.80. The van der Waals surface area contributed by atoms with Crippen LogP contribution in [-0.4, -0.2) is 24.9 Å². The largest absolute Gasteiger partial charge is 0.416 e. The maximum atomic E-state index is 13.5. The highest BCUT2D eigenvalue weighted by molar-refractivity contribution is 6.08. The molecule has 5 nitrogen and oxygen atoms in total. The molecule has 2 amide bonds. The molecule has 8 heteroatoms. The number of nitrogens with zero attached hydrogens (tertiary/aromatic N) is 1. The van der Waals surface area contributed by atoms with E-state index in [1.165, 1.54) is 6.07 Å². The Hall–Kier alpha value is -5.37. The van der Waals surface area contributed by atoms with Gasteiger partial charge in [-0.25, -0.2) is 0 Å². The van der Waals surface area contributed by atoms with Crippen LogP contribution in [0.1, 0.15) is 40.2 Å². The van der Waals surface area contributed by atoms with Crippen LogP contribution in [0.5, 0.6) is 0 Å². The van der Waals surface area contributed by atoms with Gasteiger partial charge in [0.2, 0.25) is 5.91 Å². The van der Waals surface area contributed by atoms with Gasteiger partial charge in [-0.2, -0.15) is 13.2 Å². The Bertz CT molecular complexity index is 1820. The van der Waals surface area contributed by atoms with Gasteiger partial charge in [-0.3, -0.25) is 9.59 Å². The minimum absolute atomic E-state index is 0.00410. The summed E-state index contributed by atoms with van der Waals surface area (Å²) in [5, 5.41) is 5.99. The molecule has 0 aromatic heterocycles. The number of piperidine rings is 1. The van der Waals surface area contributed by atoms with E-state index in [9.17, 15) is 22.8 Å². The summed E-state index contributed by atoms with van der Waals surface area (Å²) in [4.78, 5) is 29.1. The molecule has 0 radical (unpaired) electrons. The van der Waals surface area contributed by atoms with Gasteiger partial charge in [0.05, 0.1) is 11.5 Å². The van der Waals surface area contributed by atoms with Gasteiger partial charge < -0.3 is 15.5 Å². The Morgan fingerprint density at radius 3 is 1.98 bits per heavy atom. The first-order valence-corrected chi connectivity index (χ1v) is 15.6. The van der Waals surface area contributed by atoms with Gasteiger partial charge in [-0.15, -0.1) is 0 Å². The van der Waals surface area contributed by atoms with Crippen molar-refractivity contribution in [2.24, 2.45) is 5.92 Å². The molecule has 6 rings (SSSR count). The fraction of sp³-hybridized carbons (Fsp3) is 0.179. The molecule has 1 aliphatic heterocycles. The third kappa shape index (κ3) is 7.55. The summed E-state index contributed by atoms with van der Waals surface area (Å²) in [6.45, 7) is 1.56. The third-order valence-electron chi connectivity index (χ3n) is 8.66. The molecule has 5 aromatic carbocycles. The zero-order chi connectivity index (χ0) is 32.8. The number of benzene rings is 5. The van der Waals surface area contributed by atoms with Crippen LogP contribution in [0.15, 0.2) is 133 Å². The molecule has 0 spiro atoms. The van der Waals surface area contributed by atoms with Crippen molar-refractivity contribution in [2.75, 3.05) is 28.6 Å². The van der Waals surface area contributed by atoms with E-state index in [1.807, 2.05) is 84.9 Å². The van der Waals surface area contributed by atoms with Crippen molar-refractivity contribution in [1.82, 2.24) is 0 Å². The molecule has 2 N–H and O–H groups in total. The van der Waals surface area contributed by atoms with E-state index in [4.69, 9.17) is 0 Å². The molecule has 238 valence electrons. The molecule has 1 heterocycles. The normalized spacial score (nSPS) is 14.3. The lowest BCUT2D eigenvalue weighted by Crippen LogP contribution is -2.38. The molecule has 0 bridgehead atoms. The molecule has 1 atom stereocenters. The number of para-hydroxylation sites is 1. The van der Waals surface area contributed by atoms with Gasteiger partial charge >= 0.3 is 6.18 Å². The standard InChI is InChI=1S/C39H34F3N3O2/c40-39(41,42)30-13-9-12-29(26-30)34-16-7-8-17-35(34)37(46)43-32-18-20-33(21-19-32)45-24-22-28(23-25-45)36(27-10-3-1-4-11-27)38(47)44-31-14-5-2-6-15-31/h1-21,26,28,36H,22-25H2,(H,43,46)(H,44,47). The van der Waals surface area contributed by atoms with Crippen molar-refractivity contribution >= 4 is 28.9 Å². The fourth-order valence-electron chi connectivity index (χ4n) is 6.28. The predicted octanol–water partition coefficient (Wildman–Crippen LogP) is 9.26. The average molecular weight is 634 g/mol. The zero-order valence-corrected chi connectivity index (χ0v) is 25.6. The zero-order valence-electron chi connectivity index (χ0n) is 25.6. The molecule has 47 heavy (non-hydrogen) atoms. The van der Waals surface area contributed by atoms with Crippen LogP contribution in [0.4, 0.5) is 30.2 Å². The number of amides is 2. The molecule has 1 saturated heterocycles. The number of hydrogen-bond acceptors (Lipinski definition) is 3. The van der Waals surface area contributed by atoms with Crippen LogP contribution in [0, 0.1) is 5.92 Å². The molecule has 1 unspecified atom stereocenters. The SMILES string of the molecule is O=C(Nc1ccc(N2CCC(C(C(=O)Nc3ccccc3)c3ccccc3)CC2)cc1)c1ccccc1-c1cccc(C(F)(F)F)c1. The number of nitrogens with one attached hydrogen (secondary N) is 2. The highest BCUT2D eigenvalue weighted by atomic mass is 19.4. The van der Waals surface area contributed by atoms with Crippen molar-refractivity contribution in [3.05, 3.63) is 150 Å². The number of carbonyl (C=O) groups is 2. The Kier molecular flexibility index (Phi) is 9.38. The van der Waals surface area contributed by atoms with Gasteiger partial charge in [0.1, 0.15) is 0 Å². The molecule has 0 saturated carbocycles. The van der Waals surface area contributed by atoms with Crippen LogP contribution >= 0.6 is 0 Å². The van der Waals surface area contributed by atoms with E-state index in [-0.39, 0.29) is 23.3 Å². The monoisotopic (exact) mass is 633 g/mol. The van der Waals surface area contributed by atoms with Crippen molar-refractivity contribution in [3.63, 3.8) is 0 Å². The molecule has 1 fully saturated rings. The lowest BCUT2D eigenvalue weighted by molar-refractivity contribution is -0.137. The van der Waals surface area contributed by atoms with Gasteiger partial charge in [0.15, 0.2) is 0 Å². The highest BCUT2D eigenvalue weighted by Crippen LogP contribution is 2.36. The number of rotatable bonds is 8. The lowest BCUT2D eigenvalue weighted by atomic mass is 9.79. The summed E-state index contributed by atoms with van der Waals surface area (Å²) < 4.78 is 40.0. The summed E-state index contributed by atoms with van der Waals surface area (Å²) in [7, 11) is 0. The van der Waals surface area contributed by atoms with Gasteiger partial charge in [0.25, 0.3) is 5.91 Å². The second-order valence-electron chi connectivity index (χ2n) is 11.7. The topological polar surface area (TPSA) is 61.4 Å². The van der Waals surface area contributed by atoms with Gasteiger partial charge in [0, 0.05) is 35.7 Å². The number of carbonyl (C=O) groups excluding carboxylic acids is 2. The van der Waals surface area contributed by atoms with Crippen LogP contribution in [0.25, 0.3) is 11.1 Å². The predicted molar refractivity (Wildman–Crippen MR) is 180 cm³/mol. The van der Waals surface area contributed by atoms with Crippen LogP contribution < -0.4 is 15.5 Å². The molecule has 5 aromatic rings. The van der Waals surface area contributed by atoms with Crippen molar-refractivity contribution < 1.29 is 22.8 Å². The van der Waals surface area contributed by atoms with Gasteiger partial charge in [-0.1, -0.05) is 78.9 Å². The molecular formula is C39H34F3N3O2. The van der Waals surface area contributed by atoms with Crippen molar-refractivity contribution in [1.29, 1.82) is 0 Å². The third-order valence-corrected chi connectivity index (χ3v) is 8.66. The summed E-state index contributed by atoms with van der Waals surface area (Å²) in [5.74, 6) is -0.509. The minimum atomic E-state index is -4.48. The first kappa shape index (κ1) is 31.6. The van der Waals surface area contributed by atoms with Crippen LogP contribution in [0.2, 0.25) is 0 Å². The average Bonchev–Trinajstić information content (AvgIpc) is 3.10. The van der Waals surface area contributed by atoms with E-state index < -0.39 is 17.6 Å². The fourth-order valence-corrected chi connectivity index (χ4v) is 6.28. The molecule has 0 aliphatic carbocycles. The van der Waals surface area contributed by atoms with Crippen LogP contribution in [-0.2, 0) is 11.0 Å². The molecule has 1 aliphatic rings.